The molecule has 0 heterocycles. The number of halogens is 1. The van der Waals surface area contributed by atoms with E-state index < -0.39 is 0 Å². The van der Waals surface area contributed by atoms with E-state index in [9.17, 15) is 4.79 Å². The number of nitrogens with zero attached hydrogens (tertiary/aromatic N) is 1. The van der Waals surface area contributed by atoms with Gasteiger partial charge in [-0.3, -0.25) is 9.69 Å². The van der Waals surface area contributed by atoms with Gasteiger partial charge in [0.1, 0.15) is 0 Å². The molecule has 0 saturated carbocycles. The molecule has 3 nitrogen and oxygen atoms in total. The third-order valence-corrected chi connectivity index (χ3v) is 3.30. The van der Waals surface area contributed by atoms with Gasteiger partial charge in [0.05, 0.1) is 13.2 Å². The average Bonchev–Trinajstić information content (AvgIpc) is 2.31. The summed E-state index contributed by atoms with van der Waals surface area (Å²) in [5, 5.41) is 0.745. The SMILES string of the molecule is CCOC(=O)CN(Cc1ccc(C)cc1Cl)C(C)C. The van der Waals surface area contributed by atoms with Crippen LogP contribution < -0.4 is 0 Å². The summed E-state index contributed by atoms with van der Waals surface area (Å²) in [5.74, 6) is -0.195. The van der Waals surface area contributed by atoms with Crippen LogP contribution in [0, 0.1) is 6.92 Å². The minimum atomic E-state index is -0.195. The highest BCUT2D eigenvalue weighted by molar-refractivity contribution is 6.31. The molecular formula is C15H22ClNO2. The zero-order valence-corrected chi connectivity index (χ0v) is 12.8. The van der Waals surface area contributed by atoms with Gasteiger partial charge in [-0.25, -0.2) is 0 Å². The molecule has 0 fully saturated rings. The minimum absolute atomic E-state index is 0.195. The Labute approximate surface area is 120 Å². The first-order valence-corrected chi connectivity index (χ1v) is 6.96. The lowest BCUT2D eigenvalue weighted by atomic mass is 10.1. The molecule has 1 aromatic rings. The smallest absolute Gasteiger partial charge is 0.320 e. The van der Waals surface area contributed by atoms with Crippen molar-refractivity contribution in [3.63, 3.8) is 0 Å². The van der Waals surface area contributed by atoms with Gasteiger partial charge in [-0.15, -0.1) is 0 Å². The van der Waals surface area contributed by atoms with Gasteiger partial charge in [-0.05, 0) is 44.9 Å². The van der Waals surface area contributed by atoms with Gasteiger partial charge in [0.25, 0.3) is 0 Å². The Hall–Kier alpha value is -1.06. The van der Waals surface area contributed by atoms with E-state index in [0.717, 1.165) is 16.1 Å². The number of esters is 1. The van der Waals surface area contributed by atoms with E-state index in [0.29, 0.717) is 13.2 Å². The predicted molar refractivity (Wildman–Crippen MR) is 78.4 cm³/mol. The second kappa shape index (κ2) is 7.51. The van der Waals surface area contributed by atoms with E-state index in [-0.39, 0.29) is 18.6 Å². The standard InChI is InChI=1S/C15H22ClNO2/c1-5-19-15(18)10-17(11(2)3)9-13-7-6-12(4)8-14(13)16/h6-8,11H,5,9-10H2,1-4H3. The molecule has 0 aliphatic carbocycles. The molecule has 0 aliphatic rings. The Balaban J connectivity index is 2.75. The summed E-state index contributed by atoms with van der Waals surface area (Å²) in [7, 11) is 0. The van der Waals surface area contributed by atoms with Crippen molar-refractivity contribution in [2.45, 2.75) is 40.3 Å². The first-order valence-electron chi connectivity index (χ1n) is 6.58. The molecule has 19 heavy (non-hydrogen) atoms. The van der Waals surface area contributed by atoms with Crippen LogP contribution in [0.3, 0.4) is 0 Å². The molecule has 0 aliphatic heterocycles. The normalized spacial score (nSPS) is 11.1. The lowest BCUT2D eigenvalue weighted by molar-refractivity contribution is -0.145. The Morgan fingerprint density at radius 2 is 2.11 bits per heavy atom. The van der Waals surface area contributed by atoms with Crippen molar-refractivity contribution in [2.24, 2.45) is 0 Å². The molecule has 0 N–H and O–H groups in total. The second-order valence-corrected chi connectivity index (χ2v) is 5.31. The fourth-order valence-corrected chi connectivity index (χ4v) is 2.09. The van der Waals surface area contributed by atoms with Crippen LogP contribution in [-0.2, 0) is 16.1 Å². The van der Waals surface area contributed by atoms with Crippen LogP contribution in [0.2, 0.25) is 5.02 Å². The maximum Gasteiger partial charge on any atom is 0.320 e. The van der Waals surface area contributed by atoms with Crippen LogP contribution in [-0.4, -0.2) is 30.1 Å². The third-order valence-electron chi connectivity index (χ3n) is 2.95. The molecule has 0 bridgehead atoms. The highest BCUT2D eigenvalue weighted by Gasteiger charge is 2.16. The summed E-state index contributed by atoms with van der Waals surface area (Å²) in [6, 6.07) is 6.24. The van der Waals surface area contributed by atoms with E-state index in [1.54, 1.807) is 0 Å². The molecule has 1 aromatic carbocycles. The van der Waals surface area contributed by atoms with Gasteiger partial charge in [-0.1, -0.05) is 23.7 Å². The summed E-state index contributed by atoms with van der Waals surface area (Å²) in [5.41, 5.74) is 2.17. The van der Waals surface area contributed by atoms with Gasteiger partial charge in [-0.2, -0.15) is 0 Å². The zero-order chi connectivity index (χ0) is 14.4. The molecule has 0 saturated heterocycles. The number of aryl methyl sites for hydroxylation is 1. The number of ether oxygens (including phenoxy) is 1. The number of carbonyl (C=O) groups excluding carboxylic acids is 1. The first kappa shape index (κ1) is 16.0. The zero-order valence-electron chi connectivity index (χ0n) is 12.1. The molecule has 0 radical (unpaired) electrons. The summed E-state index contributed by atoms with van der Waals surface area (Å²) in [4.78, 5) is 13.6. The van der Waals surface area contributed by atoms with Crippen LogP contribution in [0.25, 0.3) is 0 Å². The monoisotopic (exact) mass is 283 g/mol. The fourth-order valence-electron chi connectivity index (χ4n) is 1.79. The molecular weight excluding hydrogens is 262 g/mol. The Morgan fingerprint density at radius 3 is 2.63 bits per heavy atom. The number of hydrogen-bond donors (Lipinski definition) is 0. The molecule has 0 aromatic heterocycles. The van der Waals surface area contributed by atoms with Gasteiger partial charge in [0.2, 0.25) is 0 Å². The largest absolute Gasteiger partial charge is 0.465 e. The highest BCUT2D eigenvalue weighted by Crippen LogP contribution is 2.20. The Kier molecular flexibility index (Phi) is 6.32. The number of hydrogen-bond acceptors (Lipinski definition) is 3. The van der Waals surface area contributed by atoms with Gasteiger partial charge >= 0.3 is 5.97 Å². The molecule has 1 rings (SSSR count). The molecule has 0 unspecified atom stereocenters. The molecule has 0 amide bonds. The van der Waals surface area contributed by atoms with Crippen LogP contribution >= 0.6 is 11.6 Å². The van der Waals surface area contributed by atoms with Crippen molar-refractivity contribution in [3.8, 4) is 0 Å². The van der Waals surface area contributed by atoms with Gasteiger partial charge in [0, 0.05) is 17.6 Å². The summed E-state index contributed by atoms with van der Waals surface area (Å²) in [6.45, 7) is 9.28. The van der Waals surface area contributed by atoms with Crippen molar-refractivity contribution < 1.29 is 9.53 Å². The average molecular weight is 284 g/mol. The van der Waals surface area contributed by atoms with Crippen molar-refractivity contribution in [3.05, 3.63) is 34.3 Å². The van der Waals surface area contributed by atoms with Gasteiger partial charge < -0.3 is 4.74 Å². The van der Waals surface area contributed by atoms with Crippen LogP contribution in [0.1, 0.15) is 31.9 Å². The lowest BCUT2D eigenvalue weighted by Gasteiger charge is -2.25. The number of benzene rings is 1. The summed E-state index contributed by atoms with van der Waals surface area (Å²) < 4.78 is 5.00. The van der Waals surface area contributed by atoms with E-state index in [2.05, 4.69) is 18.7 Å². The van der Waals surface area contributed by atoms with E-state index in [4.69, 9.17) is 16.3 Å². The topological polar surface area (TPSA) is 29.5 Å². The van der Waals surface area contributed by atoms with E-state index in [1.165, 1.54) is 0 Å². The lowest BCUT2D eigenvalue weighted by Crippen LogP contribution is -2.36. The van der Waals surface area contributed by atoms with Crippen molar-refractivity contribution >= 4 is 17.6 Å². The number of carbonyl (C=O) groups is 1. The fraction of sp³-hybridized carbons (Fsp3) is 0.533. The number of rotatable bonds is 6. The second-order valence-electron chi connectivity index (χ2n) is 4.90. The van der Waals surface area contributed by atoms with E-state index >= 15 is 0 Å². The van der Waals surface area contributed by atoms with Gasteiger partial charge in [0.15, 0.2) is 0 Å². The minimum Gasteiger partial charge on any atom is -0.465 e. The molecule has 0 spiro atoms. The molecule has 4 heteroatoms. The molecule has 106 valence electrons. The van der Waals surface area contributed by atoms with Crippen LogP contribution in [0.15, 0.2) is 18.2 Å². The molecule has 0 atom stereocenters. The van der Waals surface area contributed by atoms with Crippen LogP contribution in [0.4, 0.5) is 0 Å². The first-order chi connectivity index (χ1) is 8.93. The van der Waals surface area contributed by atoms with Crippen LogP contribution in [0.5, 0.6) is 0 Å². The predicted octanol–water partition coefficient (Wildman–Crippen LogP) is 3.42. The summed E-state index contributed by atoms with van der Waals surface area (Å²) >= 11 is 6.23. The van der Waals surface area contributed by atoms with Crippen molar-refractivity contribution in [2.75, 3.05) is 13.2 Å². The quantitative estimate of drug-likeness (QED) is 0.749. The maximum atomic E-state index is 11.6. The summed E-state index contributed by atoms with van der Waals surface area (Å²) in [6.07, 6.45) is 0. The Bertz CT molecular complexity index is 432. The van der Waals surface area contributed by atoms with Crippen molar-refractivity contribution in [1.82, 2.24) is 4.90 Å². The highest BCUT2D eigenvalue weighted by atomic mass is 35.5. The maximum absolute atomic E-state index is 11.6. The third kappa shape index (κ3) is 5.21. The Morgan fingerprint density at radius 1 is 1.42 bits per heavy atom. The van der Waals surface area contributed by atoms with E-state index in [1.807, 2.05) is 32.0 Å². The van der Waals surface area contributed by atoms with Crippen molar-refractivity contribution in [1.29, 1.82) is 0 Å².